The number of carbonyl (C=O) groups is 1. The highest BCUT2D eigenvalue weighted by Gasteiger charge is 2.18. The van der Waals surface area contributed by atoms with Crippen molar-refractivity contribution in [2.75, 3.05) is 13.3 Å². The number of fused-ring (bicyclic) bond motifs is 1. The van der Waals surface area contributed by atoms with Crippen molar-refractivity contribution in [1.29, 1.82) is 0 Å². The molecule has 2 heterocycles. The lowest BCUT2D eigenvalue weighted by molar-refractivity contribution is -0.118. The van der Waals surface area contributed by atoms with Crippen molar-refractivity contribution in [3.05, 3.63) is 54.4 Å². The molecular formula is C19H18N4O3. The number of hydrogen-bond acceptors (Lipinski definition) is 5. The van der Waals surface area contributed by atoms with Crippen LogP contribution in [0.3, 0.4) is 0 Å². The van der Waals surface area contributed by atoms with E-state index in [1.807, 2.05) is 48.5 Å². The molecular weight excluding hydrogens is 332 g/mol. The topological polar surface area (TPSA) is 78.3 Å². The third kappa shape index (κ3) is 3.23. The predicted octanol–water partition coefficient (Wildman–Crippen LogP) is 2.34. The van der Waals surface area contributed by atoms with Crippen molar-refractivity contribution < 1.29 is 14.3 Å². The quantitative estimate of drug-likeness (QED) is 0.764. The zero-order chi connectivity index (χ0) is 17.9. The standard InChI is InChI=1S/C19H18N4O3/c1-13(24)20-10-9-18-21-19(14-5-3-2-4-6-14)22-23(18)15-7-8-16-17(11-15)26-12-25-16/h2-8,11H,9-10,12H2,1H3,(H,20,24). The third-order valence-corrected chi connectivity index (χ3v) is 4.03. The maximum Gasteiger partial charge on any atom is 0.231 e. The van der Waals surface area contributed by atoms with Gasteiger partial charge in [0.1, 0.15) is 5.82 Å². The van der Waals surface area contributed by atoms with Gasteiger partial charge in [-0.1, -0.05) is 30.3 Å². The molecule has 0 bridgehead atoms. The van der Waals surface area contributed by atoms with Gasteiger partial charge < -0.3 is 14.8 Å². The molecule has 0 saturated heterocycles. The molecule has 0 radical (unpaired) electrons. The molecule has 1 N–H and O–H groups in total. The minimum Gasteiger partial charge on any atom is -0.454 e. The fraction of sp³-hybridized carbons (Fsp3) is 0.211. The summed E-state index contributed by atoms with van der Waals surface area (Å²) < 4.78 is 12.6. The van der Waals surface area contributed by atoms with Crippen molar-refractivity contribution in [2.45, 2.75) is 13.3 Å². The third-order valence-electron chi connectivity index (χ3n) is 4.03. The first-order chi connectivity index (χ1) is 12.7. The first kappa shape index (κ1) is 16.1. The number of hydrogen-bond donors (Lipinski definition) is 1. The second-order valence-electron chi connectivity index (χ2n) is 5.90. The fourth-order valence-electron chi connectivity index (χ4n) is 2.79. The smallest absolute Gasteiger partial charge is 0.231 e. The van der Waals surface area contributed by atoms with E-state index in [9.17, 15) is 4.79 Å². The van der Waals surface area contributed by atoms with Crippen LogP contribution in [0.1, 0.15) is 12.7 Å². The Morgan fingerprint density at radius 1 is 1.15 bits per heavy atom. The Balaban J connectivity index is 1.71. The molecule has 1 aliphatic heterocycles. The Bertz CT molecular complexity index is 937. The summed E-state index contributed by atoms with van der Waals surface area (Å²) in [7, 11) is 0. The summed E-state index contributed by atoms with van der Waals surface area (Å²) in [5.74, 6) is 2.74. The van der Waals surface area contributed by atoms with Crippen LogP contribution in [-0.2, 0) is 11.2 Å². The lowest BCUT2D eigenvalue weighted by atomic mass is 10.2. The van der Waals surface area contributed by atoms with Crippen LogP contribution in [0.5, 0.6) is 11.5 Å². The second kappa shape index (κ2) is 6.87. The first-order valence-corrected chi connectivity index (χ1v) is 8.36. The van der Waals surface area contributed by atoms with Gasteiger partial charge in [0.25, 0.3) is 0 Å². The Morgan fingerprint density at radius 3 is 2.77 bits per heavy atom. The zero-order valence-corrected chi connectivity index (χ0v) is 14.3. The van der Waals surface area contributed by atoms with Gasteiger partial charge in [0.15, 0.2) is 17.3 Å². The fourth-order valence-corrected chi connectivity index (χ4v) is 2.79. The van der Waals surface area contributed by atoms with Gasteiger partial charge >= 0.3 is 0 Å². The summed E-state index contributed by atoms with van der Waals surface area (Å²) in [6, 6.07) is 15.5. The van der Waals surface area contributed by atoms with E-state index in [4.69, 9.17) is 9.47 Å². The van der Waals surface area contributed by atoms with Gasteiger partial charge in [-0.3, -0.25) is 4.79 Å². The molecule has 0 saturated carbocycles. The van der Waals surface area contributed by atoms with Crippen molar-refractivity contribution in [3.63, 3.8) is 0 Å². The minimum atomic E-state index is -0.0672. The molecule has 1 amide bonds. The molecule has 1 aliphatic rings. The summed E-state index contributed by atoms with van der Waals surface area (Å²) in [5, 5.41) is 7.47. The van der Waals surface area contributed by atoms with Gasteiger partial charge in [-0.2, -0.15) is 0 Å². The monoisotopic (exact) mass is 350 g/mol. The van der Waals surface area contributed by atoms with Crippen molar-refractivity contribution >= 4 is 5.91 Å². The van der Waals surface area contributed by atoms with Crippen LogP contribution in [0, 0.1) is 0 Å². The number of benzene rings is 2. The molecule has 7 heteroatoms. The highest BCUT2D eigenvalue weighted by molar-refractivity contribution is 5.72. The molecule has 0 unspecified atom stereocenters. The van der Waals surface area contributed by atoms with Crippen molar-refractivity contribution in [2.24, 2.45) is 0 Å². The molecule has 7 nitrogen and oxygen atoms in total. The van der Waals surface area contributed by atoms with Gasteiger partial charge in [-0.05, 0) is 12.1 Å². The van der Waals surface area contributed by atoms with Crippen molar-refractivity contribution in [3.8, 4) is 28.6 Å². The Labute approximate surface area is 150 Å². The van der Waals surface area contributed by atoms with E-state index in [0.717, 1.165) is 22.8 Å². The Kier molecular flexibility index (Phi) is 4.27. The van der Waals surface area contributed by atoms with Crippen molar-refractivity contribution in [1.82, 2.24) is 20.1 Å². The maximum atomic E-state index is 11.2. The van der Waals surface area contributed by atoms with E-state index >= 15 is 0 Å². The zero-order valence-electron chi connectivity index (χ0n) is 14.3. The van der Waals surface area contributed by atoms with Crippen LogP contribution < -0.4 is 14.8 Å². The molecule has 132 valence electrons. The number of ether oxygens (including phenoxy) is 2. The first-order valence-electron chi connectivity index (χ1n) is 8.36. The van der Waals surface area contributed by atoms with E-state index in [1.165, 1.54) is 6.92 Å². The van der Waals surface area contributed by atoms with E-state index in [0.29, 0.717) is 24.5 Å². The van der Waals surface area contributed by atoms with Gasteiger partial charge in [0.2, 0.25) is 12.7 Å². The number of amides is 1. The van der Waals surface area contributed by atoms with Crippen LogP contribution in [0.25, 0.3) is 17.1 Å². The lowest BCUT2D eigenvalue weighted by Gasteiger charge is -2.07. The molecule has 3 aromatic rings. The minimum absolute atomic E-state index is 0.0672. The number of rotatable bonds is 5. The largest absolute Gasteiger partial charge is 0.454 e. The summed E-state index contributed by atoms with van der Waals surface area (Å²) in [6.07, 6.45) is 0.563. The van der Waals surface area contributed by atoms with Crippen LogP contribution in [0.4, 0.5) is 0 Å². The Hall–Kier alpha value is -3.35. The lowest BCUT2D eigenvalue weighted by Crippen LogP contribution is -2.23. The summed E-state index contributed by atoms with van der Waals surface area (Å²) >= 11 is 0. The van der Waals surface area contributed by atoms with E-state index in [2.05, 4.69) is 15.4 Å². The average Bonchev–Trinajstić information content (AvgIpc) is 3.28. The molecule has 4 rings (SSSR count). The molecule has 0 atom stereocenters. The van der Waals surface area contributed by atoms with Gasteiger partial charge in [-0.15, -0.1) is 5.10 Å². The van der Waals surface area contributed by atoms with E-state index in [1.54, 1.807) is 4.68 Å². The number of nitrogens with zero attached hydrogens (tertiary/aromatic N) is 3. The maximum absolute atomic E-state index is 11.2. The van der Waals surface area contributed by atoms with E-state index in [-0.39, 0.29) is 12.7 Å². The van der Waals surface area contributed by atoms with Crippen LogP contribution in [0.15, 0.2) is 48.5 Å². The Morgan fingerprint density at radius 2 is 1.96 bits per heavy atom. The highest BCUT2D eigenvalue weighted by atomic mass is 16.7. The molecule has 26 heavy (non-hydrogen) atoms. The molecule has 0 fully saturated rings. The summed E-state index contributed by atoms with van der Waals surface area (Å²) in [4.78, 5) is 15.8. The number of nitrogens with one attached hydrogen (secondary N) is 1. The van der Waals surface area contributed by atoms with Gasteiger partial charge in [-0.25, -0.2) is 9.67 Å². The molecule has 0 spiro atoms. The van der Waals surface area contributed by atoms with Gasteiger partial charge in [0, 0.05) is 31.5 Å². The van der Waals surface area contributed by atoms with Crippen LogP contribution in [-0.4, -0.2) is 34.0 Å². The summed E-state index contributed by atoms with van der Waals surface area (Å²) in [6.45, 7) is 2.21. The highest BCUT2D eigenvalue weighted by Crippen LogP contribution is 2.34. The molecule has 0 aliphatic carbocycles. The normalized spacial score (nSPS) is 12.2. The van der Waals surface area contributed by atoms with Crippen LogP contribution >= 0.6 is 0 Å². The second-order valence-corrected chi connectivity index (χ2v) is 5.90. The SMILES string of the molecule is CC(=O)NCCc1nc(-c2ccccc2)nn1-c1ccc2c(c1)OCO2. The predicted molar refractivity (Wildman–Crippen MR) is 95.3 cm³/mol. The summed E-state index contributed by atoms with van der Waals surface area (Å²) in [5.41, 5.74) is 1.77. The van der Waals surface area contributed by atoms with Gasteiger partial charge in [0.05, 0.1) is 5.69 Å². The molecule has 2 aromatic carbocycles. The van der Waals surface area contributed by atoms with E-state index < -0.39 is 0 Å². The van der Waals surface area contributed by atoms with Crippen LogP contribution in [0.2, 0.25) is 0 Å². The molecule has 1 aromatic heterocycles. The average molecular weight is 350 g/mol. The number of carbonyl (C=O) groups excluding carboxylic acids is 1. The number of aromatic nitrogens is 3.